The summed E-state index contributed by atoms with van der Waals surface area (Å²) in [5.41, 5.74) is 1.24. The Kier molecular flexibility index (Phi) is 4.90. The molecule has 0 saturated carbocycles. The Bertz CT molecular complexity index is 568. The van der Waals surface area contributed by atoms with Crippen LogP contribution in [0, 0.1) is 0 Å². The molecular formula is C15H17FO5. The van der Waals surface area contributed by atoms with Gasteiger partial charge in [0.1, 0.15) is 17.1 Å². The second-order valence-electron chi connectivity index (χ2n) is 4.72. The van der Waals surface area contributed by atoms with Gasteiger partial charge in [-0.1, -0.05) is 0 Å². The Labute approximate surface area is 122 Å². The summed E-state index contributed by atoms with van der Waals surface area (Å²) in [6, 6.07) is 1.54. The lowest BCUT2D eigenvalue weighted by molar-refractivity contribution is 0.0495. The van der Waals surface area contributed by atoms with Crippen molar-refractivity contribution in [2.45, 2.75) is 19.8 Å². The third-order valence-corrected chi connectivity index (χ3v) is 3.25. The van der Waals surface area contributed by atoms with Crippen LogP contribution in [0.2, 0.25) is 0 Å². The monoisotopic (exact) mass is 296 g/mol. The second-order valence-corrected chi connectivity index (χ2v) is 4.72. The highest BCUT2D eigenvalue weighted by molar-refractivity contribution is 6.07. The summed E-state index contributed by atoms with van der Waals surface area (Å²) >= 11 is 0. The molecule has 0 bridgehead atoms. The number of fused-ring (bicyclic) bond motifs is 1. The number of halogens is 1. The Hall–Kier alpha value is -1.95. The lowest BCUT2D eigenvalue weighted by Crippen LogP contribution is -2.11. The number of methoxy groups -OCH3 is 1. The van der Waals surface area contributed by atoms with Crippen LogP contribution in [0.3, 0.4) is 0 Å². The maximum Gasteiger partial charge on any atom is 0.207 e. The molecule has 0 saturated heterocycles. The number of benzene rings is 1. The van der Waals surface area contributed by atoms with Crippen LogP contribution in [0.1, 0.15) is 39.6 Å². The molecule has 1 aromatic rings. The highest BCUT2D eigenvalue weighted by atomic mass is 19.1. The molecule has 0 atom stereocenters. The van der Waals surface area contributed by atoms with Crippen molar-refractivity contribution in [3.63, 3.8) is 0 Å². The number of Topliss-reactive ketones (excluding diaryl/α,β-unsaturated/α-hetero) is 2. The normalized spacial score (nSPS) is 13.0. The molecule has 1 heterocycles. The van der Waals surface area contributed by atoms with Crippen molar-refractivity contribution in [1.82, 2.24) is 0 Å². The number of carbonyl (C=O) groups is 2. The van der Waals surface area contributed by atoms with Crippen LogP contribution in [0.15, 0.2) is 6.07 Å². The average Bonchev–Trinajstić information content (AvgIpc) is 2.83. The summed E-state index contributed by atoms with van der Waals surface area (Å²) in [5.74, 6) is 0.209. The summed E-state index contributed by atoms with van der Waals surface area (Å²) in [6.07, 6.45) is 0.558. The SMILES string of the molecule is COCOc1c(CCCF)c(C(C)=O)cc2c1C(=O)CO2. The van der Waals surface area contributed by atoms with Crippen molar-refractivity contribution < 1.29 is 28.2 Å². The van der Waals surface area contributed by atoms with Crippen LogP contribution < -0.4 is 9.47 Å². The number of hydrogen-bond acceptors (Lipinski definition) is 5. The van der Waals surface area contributed by atoms with Gasteiger partial charge in [-0.2, -0.15) is 0 Å². The van der Waals surface area contributed by atoms with Crippen molar-refractivity contribution in [2.75, 3.05) is 27.2 Å². The maximum absolute atomic E-state index is 12.5. The summed E-state index contributed by atoms with van der Waals surface area (Å²) < 4.78 is 28.1. The molecule has 1 aliphatic rings. The second kappa shape index (κ2) is 6.67. The van der Waals surface area contributed by atoms with E-state index in [1.165, 1.54) is 20.1 Å². The fraction of sp³-hybridized carbons (Fsp3) is 0.467. The molecule has 1 aliphatic heterocycles. The average molecular weight is 296 g/mol. The van der Waals surface area contributed by atoms with Gasteiger partial charge in [-0.3, -0.25) is 14.0 Å². The van der Waals surface area contributed by atoms with Gasteiger partial charge in [-0.15, -0.1) is 0 Å². The van der Waals surface area contributed by atoms with E-state index in [9.17, 15) is 14.0 Å². The van der Waals surface area contributed by atoms with Crippen LogP contribution in [0.4, 0.5) is 4.39 Å². The molecule has 21 heavy (non-hydrogen) atoms. The molecule has 0 fully saturated rings. The van der Waals surface area contributed by atoms with E-state index in [1.54, 1.807) is 0 Å². The smallest absolute Gasteiger partial charge is 0.207 e. The standard InChI is InChI=1S/C15H17FO5/c1-9(17)11-6-13-14(12(18)7-20-13)15(21-8-19-2)10(11)4-3-5-16/h6H,3-5,7-8H2,1-2H3. The summed E-state index contributed by atoms with van der Waals surface area (Å²) in [6.45, 7) is 0.756. The number of rotatable bonds is 7. The largest absolute Gasteiger partial charge is 0.485 e. The van der Waals surface area contributed by atoms with Gasteiger partial charge in [-0.05, 0) is 25.8 Å². The Morgan fingerprint density at radius 2 is 2.24 bits per heavy atom. The van der Waals surface area contributed by atoms with Crippen molar-refractivity contribution >= 4 is 11.6 Å². The zero-order chi connectivity index (χ0) is 15.4. The fourth-order valence-electron chi connectivity index (χ4n) is 2.35. The zero-order valence-electron chi connectivity index (χ0n) is 12.0. The van der Waals surface area contributed by atoms with E-state index < -0.39 is 6.67 Å². The minimum atomic E-state index is -0.511. The van der Waals surface area contributed by atoms with E-state index in [1.807, 2.05) is 0 Å². The first kappa shape index (κ1) is 15.4. The molecule has 5 nitrogen and oxygen atoms in total. The summed E-state index contributed by atoms with van der Waals surface area (Å²) in [5, 5.41) is 0. The molecule has 6 heteroatoms. The van der Waals surface area contributed by atoms with Gasteiger partial charge in [0.2, 0.25) is 5.78 Å². The first-order valence-corrected chi connectivity index (χ1v) is 6.64. The van der Waals surface area contributed by atoms with E-state index >= 15 is 0 Å². The van der Waals surface area contributed by atoms with Crippen LogP contribution >= 0.6 is 0 Å². The summed E-state index contributed by atoms with van der Waals surface area (Å²) in [4.78, 5) is 23.8. The lowest BCUT2D eigenvalue weighted by atomic mass is 9.94. The predicted octanol–water partition coefficient (Wildman–Crippen LogP) is 2.35. The number of carbonyl (C=O) groups excluding carboxylic acids is 2. The topological polar surface area (TPSA) is 61.8 Å². The third-order valence-electron chi connectivity index (χ3n) is 3.25. The van der Waals surface area contributed by atoms with Gasteiger partial charge >= 0.3 is 0 Å². The highest BCUT2D eigenvalue weighted by Crippen LogP contribution is 2.39. The molecule has 0 N–H and O–H groups in total. The molecular weight excluding hydrogens is 279 g/mol. The predicted molar refractivity (Wildman–Crippen MR) is 73.1 cm³/mol. The number of hydrogen-bond donors (Lipinski definition) is 0. The van der Waals surface area contributed by atoms with Crippen LogP contribution in [0.5, 0.6) is 11.5 Å². The molecule has 0 aromatic heterocycles. The molecule has 0 spiro atoms. The first-order chi connectivity index (χ1) is 10.1. The quantitative estimate of drug-likeness (QED) is 0.571. The van der Waals surface area contributed by atoms with Crippen LogP contribution in [-0.2, 0) is 11.2 Å². The first-order valence-electron chi connectivity index (χ1n) is 6.64. The van der Waals surface area contributed by atoms with Gasteiger partial charge in [0.25, 0.3) is 0 Å². The molecule has 1 aromatic carbocycles. The highest BCUT2D eigenvalue weighted by Gasteiger charge is 2.31. The fourth-order valence-corrected chi connectivity index (χ4v) is 2.35. The van der Waals surface area contributed by atoms with E-state index in [-0.39, 0.29) is 37.1 Å². The maximum atomic E-state index is 12.5. The van der Waals surface area contributed by atoms with Crippen molar-refractivity contribution in [2.24, 2.45) is 0 Å². The van der Waals surface area contributed by atoms with Gasteiger partial charge < -0.3 is 14.2 Å². The molecule has 114 valence electrons. The van der Waals surface area contributed by atoms with Gasteiger partial charge in [0.15, 0.2) is 19.2 Å². The molecule has 0 aliphatic carbocycles. The minimum absolute atomic E-state index is 0.0658. The Morgan fingerprint density at radius 3 is 2.86 bits per heavy atom. The van der Waals surface area contributed by atoms with E-state index in [2.05, 4.69) is 0 Å². The van der Waals surface area contributed by atoms with Gasteiger partial charge in [0, 0.05) is 18.2 Å². The van der Waals surface area contributed by atoms with Gasteiger partial charge in [-0.25, -0.2) is 0 Å². The van der Waals surface area contributed by atoms with Crippen molar-refractivity contribution in [1.29, 1.82) is 0 Å². The zero-order valence-corrected chi connectivity index (χ0v) is 12.0. The van der Waals surface area contributed by atoms with Crippen LogP contribution in [-0.4, -0.2) is 38.8 Å². The van der Waals surface area contributed by atoms with E-state index in [4.69, 9.17) is 14.2 Å². The lowest BCUT2D eigenvalue weighted by Gasteiger charge is -2.16. The van der Waals surface area contributed by atoms with Crippen molar-refractivity contribution in [3.05, 3.63) is 22.8 Å². The number of alkyl halides is 1. The molecule has 0 unspecified atom stereocenters. The molecule has 0 radical (unpaired) electrons. The van der Waals surface area contributed by atoms with E-state index in [0.717, 1.165) is 0 Å². The van der Waals surface area contributed by atoms with Gasteiger partial charge in [0.05, 0.1) is 6.67 Å². The van der Waals surface area contributed by atoms with Crippen molar-refractivity contribution in [3.8, 4) is 11.5 Å². The van der Waals surface area contributed by atoms with Crippen LogP contribution in [0.25, 0.3) is 0 Å². The van der Waals surface area contributed by atoms with E-state index in [0.29, 0.717) is 28.9 Å². The number of ether oxygens (including phenoxy) is 3. The third kappa shape index (κ3) is 3.05. The summed E-state index contributed by atoms with van der Waals surface area (Å²) in [7, 11) is 1.45. The minimum Gasteiger partial charge on any atom is -0.485 e. The Balaban J connectivity index is 2.58. The number of ketones is 2. The molecule has 2 rings (SSSR count). The molecule has 0 amide bonds. The Morgan fingerprint density at radius 1 is 1.48 bits per heavy atom.